The lowest BCUT2D eigenvalue weighted by Crippen LogP contribution is -2.16. The number of hydrogen-bond donors (Lipinski definition) is 4. The van der Waals surface area contributed by atoms with Crippen molar-refractivity contribution in [2.24, 2.45) is 11.7 Å². The van der Waals surface area contributed by atoms with E-state index in [0.29, 0.717) is 5.82 Å². The Kier molecular flexibility index (Phi) is 5.95. The number of nitrogens with two attached hydrogens (primary N) is 1. The first-order valence-corrected chi connectivity index (χ1v) is 5.38. The van der Waals surface area contributed by atoms with Gasteiger partial charge in [0.2, 0.25) is 5.88 Å². The van der Waals surface area contributed by atoms with E-state index in [4.69, 9.17) is 16.2 Å². The Morgan fingerprint density at radius 1 is 1.47 bits per heavy atom. The number of amidine groups is 1. The molecule has 17 heavy (non-hydrogen) atoms. The van der Waals surface area contributed by atoms with Crippen molar-refractivity contribution in [1.29, 1.82) is 5.41 Å². The monoisotopic (exact) mass is 240 g/mol. The molecule has 96 valence electrons. The van der Waals surface area contributed by atoms with E-state index >= 15 is 0 Å². The maximum absolute atomic E-state index is 10.8. The molecule has 1 aromatic rings. The van der Waals surface area contributed by atoms with Crippen molar-refractivity contribution in [2.45, 2.75) is 33.6 Å². The van der Waals surface area contributed by atoms with Crippen molar-refractivity contribution in [3.63, 3.8) is 0 Å². The molecule has 0 aliphatic heterocycles. The topological polar surface area (TPSA) is 116 Å². The fourth-order valence-corrected chi connectivity index (χ4v) is 0.737. The van der Waals surface area contributed by atoms with Crippen LogP contribution in [0.3, 0.4) is 0 Å². The van der Waals surface area contributed by atoms with Crippen molar-refractivity contribution in [2.75, 3.05) is 0 Å². The third-order valence-corrected chi connectivity index (χ3v) is 1.92. The fraction of sp³-hybridized carbons (Fsp3) is 0.545. The van der Waals surface area contributed by atoms with E-state index < -0.39 is 0 Å². The lowest BCUT2D eigenvalue weighted by molar-refractivity contribution is 0.446. The molecular weight excluding hydrogens is 220 g/mol. The van der Waals surface area contributed by atoms with Crippen LogP contribution in [0.1, 0.15) is 39.4 Å². The predicted molar refractivity (Wildman–Crippen MR) is 67.4 cm³/mol. The van der Waals surface area contributed by atoms with Crippen LogP contribution in [-0.2, 0) is 0 Å². The summed E-state index contributed by atoms with van der Waals surface area (Å²) in [5.41, 5.74) is 4.70. The van der Waals surface area contributed by atoms with Crippen LogP contribution in [0.15, 0.2) is 10.9 Å². The minimum absolute atomic E-state index is 0.120. The number of rotatable bonds is 2. The zero-order chi connectivity index (χ0) is 13.6. The number of H-pyrrole nitrogens is 1. The number of aromatic amines is 1. The van der Waals surface area contributed by atoms with E-state index in [9.17, 15) is 4.79 Å². The molecule has 0 amide bonds. The molecule has 6 nitrogen and oxygen atoms in total. The molecule has 0 saturated heterocycles. The average molecular weight is 240 g/mol. The SMILES string of the molecule is CC(C)C(=N)N.CC(C)c1nc(O)cc(=O)[nH]1. The second-order valence-electron chi connectivity index (χ2n) is 4.25. The number of nitrogens with zero attached hydrogens (tertiary/aromatic N) is 1. The zero-order valence-electron chi connectivity index (χ0n) is 10.6. The molecule has 0 bridgehead atoms. The van der Waals surface area contributed by atoms with Crippen LogP contribution in [0.2, 0.25) is 0 Å². The summed E-state index contributed by atoms with van der Waals surface area (Å²) >= 11 is 0. The van der Waals surface area contributed by atoms with E-state index in [0.717, 1.165) is 6.07 Å². The summed E-state index contributed by atoms with van der Waals surface area (Å²) in [7, 11) is 0. The lowest BCUT2D eigenvalue weighted by Gasteiger charge is -2.02. The number of hydrogen-bond acceptors (Lipinski definition) is 4. The van der Waals surface area contributed by atoms with Gasteiger partial charge in [-0.15, -0.1) is 0 Å². The second kappa shape index (κ2) is 6.67. The van der Waals surface area contributed by atoms with Crippen LogP contribution in [0, 0.1) is 11.3 Å². The quantitative estimate of drug-likeness (QED) is 0.458. The van der Waals surface area contributed by atoms with Gasteiger partial charge >= 0.3 is 0 Å². The molecule has 0 unspecified atom stereocenters. The van der Waals surface area contributed by atoms with Crippen LogP contribution in [-0.4, -0.2) is 20.9 Å². The summed E-state index contributed by atoms with van der Waals surface area (Å²) in [6.45, 7) is 7.56. The van der Waals surface area contributed by atoms with Gasteiger partial charge in [0, 0.05) is 11.8 Å². The van der Waals surface area contributed by atoms with Gasteiger partial charge in [-0.1, -0.05) is 27.7 Å². The molecule has 0 aliphatic rings. The highest BCUT2D eigenvalue weighted by Crippen LogP contribution is 2.08. The minimum Gasteiger partial charge on any atom is -0.493 e. The van der Waals surface area contributed by atoms with Crippen molar-refractivity contribution in [1.82, 2.24) is 9.97 Å². The third kappa shape index (κ3) is 6.34. The van der Waals surface area contributed by atoms with Gasteiger partial charge in [-0.2, -0.15) is 0 Å². The van der Waals surface area contributed by atoms with E-state index in [1.807, 2.05) is 27.7 Å². The number of aromatic hydroxyl groups is 1. The Labute approximate surface area is 100 Å². The Morgan fingerprint density at radius 3 is 2.24 bits per heavy atom. The smallest absolute Gasteiger partial charge is 0.254 e. The molecule has 0 aromatic carbocycles. The van der Waals surface area contributed by atoms with Gasteiger partial charge in [-0.05, 0) is 0 Å². The Balaban J connectivity index is 0.000000366. The average Bonchev–Trinajstić information content (AvgIpc) is 2.16. The highest BCUT2D eigenvalue weighted by atomic mass is 16.3. The summed E-state index contributed by atoms with van der Waals surface area (Å²) in [5.74, 6) is 0.877. The molecule has 0 saturated carbocycles. The van der Waals surface area contributed by atoms with Crippen molar-refractivity contribution >= 4 is 5.84 Å². The molecule has 0 atom stereocenters. The second-order valence-corrected chi connectivity index (χ2v) is 4.25. The normalized spacial score (nSPS) is 10.0. The molecule has 0 aliphatic carbocycles. The molecule has 0 radical (unpaired) electrons. The van der Waals surface area contributed by atoms with Gasteiger partial charge in [0.1, 0.15) is 5.82 Å². The maximum Gasteiger partial charge on any atom is 0.254 e. The lowest BCUT2D eigenvalue weighted by atomic mass is 10.2. The zero-order valence-corrected chi connectivity index (χ0v) is 10.6. The Morgan fingerprint density at radius 2 is 1.94 bits per heavy atom. The van der Waals surface area contributed by atoms with Gasteiger partial charge in [0.25, 0.3) is 5.56 Å². The van der Waals surface area contributed by atoms with Gasteiger partial charge < -0.3 is 15.8 Å². The standard InChI is InChI=1S/C7H10N2O2.C4H10N2/c1-4(2)7-8-5(10)3-6(11)9-7;1-3(2)4(5)6/h3-4H,1-2H3,(H2,8,9,10,11);3H,1-2H3,(H3,5,6). The first-order valence-electron chi connectivity index (χ1n) is 5.38. The largest absolute Gasteiger partial charge is 0.493 e. The maximum atomic E-state index is 10.8. The van der Waals surface area contributed by atoms with Crippen molar-refractivity contribution in [3.8, 4) is 5.88 Å². The van der Waals surface area contributed by atoms with E-state index in [1.165, 1.54) is 0 Å². The van der Waals surface area contributed by atoms with Crippen LogP contribution in [0.4, 0.5) is 0 Å². The first kappa shape index (κ1) is 15.2. The van der Waals surface area contributed by atoms with E-state index in [-0.39, 0.29) is 29.1 Å². The molecule has 1 heterocycles. The predicted octanol–water partition coefficient (Wildman–Crippen LogP) is 1.18. The van der Waals surface area contributed by atoms with E-state index in [1.54, 1.807) is 0 Å². The van der Waals surface area contributed by atoms with Crippen LogP contribution >= 0.6 is 0 Å². The van der Waals surface area contributed by atoms with E-state index in [2.05, 4.69) is 9.97 Å². The Hall–Kier alpha value is -1.85. The van der Waals surface area contributed by atoms with Crippen molar-refractivity contribution in [3.05, 3.63) is 22.2 Å². The van der Waals surface area contributed by atoms with Crippen molar-refractivity contribution < 1.29 is 5.11 Å². The summed E-state index contributed by atoms with van der Waals surface area (Å²) in [5, 5.41) is 15.6. The summed E-state index contributed by atoms with van der Waals surface area (Å²) in [6, 6.07) is 1.05. The summed E-state index contributed by atoms with van der Waals surface area (Å²) < 4.78 is 0. The fourth-order valence-electron chi connectivity index (χ4n) is 0.737. The first-order chi connectivity index (χ1) is 7.73. The van der Waals surface area contributed by atoms with Gasteiger partial charge in [0.05, 0.1) is 11.9 Å². The van der Waals surface area contributed by atoms with Gasteiger partial charge in [0.15, 0.2) is 0 Å². The highest BCUT2D eigenvalue weighted by molar-refractivity contribution is 5.78. The molecule has 5 N–H and O–H groups in total. The highest BCUT2D eigenvalue weighted by Gasteiger charge is 2.02. The molecule has 1 aromatic heterocycles. The van der Waals surface area contributed by atoms with Gasteiger partial charge in [-0.25, -0.2) is 4.98 Å². The molecule has 1 rings (SSSR count). The molecule has 0 spiro atoms. The van der Waals surface area contributed by atoms with Crippen LogP contribution < -0.4 is 11.3 Å². The Bertz CT molecular complexity index is 424. The molecule has 6 heteroatoms. The summed E-state index contributed by atoms with van der Waals surface area (Å²) in [6.07, 6.45) is 0. The minimum atomic E-state index is -0.318. The third-order valence-electron chi connectivity index (χ3n) is 1.92. The summed E-state index contributed by atoms with van der Waals surface area (Å²) in [4.78, 5) is 17.0. The number of aromatic nitrogens is 2. The van der Waals surface area contributed by atoms with Crippen LogP contribution in [0.5, 0.6) is 5.88 Å². The van der Waals surface area contributed by atoms with Crippen LogP contribution in [0.25, 0.3) is 0 Å². The number of nitrogens with one attached hydrogen (secondary N) is 2. The molecular formula is C11H20N4O2. The molecule has 0 fully saturated rings. The van der Waals surface area contributed by atoms with Gasteiger partial charge in [-0.3, -0.25) is 10.2 Å².